The normalized spacial score (nSPS) is 15.5. The van der Waals surface area contributed by atoms with Gasteiger partial charge in [-0.2, -0.15) is 8.42 Å². The van der Waals surface area contributed by atoms with Gasteiger partial charge in [-0.3, -0.25) is 9.78 Å². The third-order valence-electron chi connectivity index (χ3n) is 5.75. The van der Waals surface area contributed by atoms with E-state index >= 15 is 0 Å². The van der Waals surface area contributed by atoms with Crippen LogP contribution in [0.4, 0.5) is 5.69 Å². The molecular formula is C24H26N4O3S. The average Bonchev–Trinajstić information content (AvgIpc) is 3.17. The molecule has 0 saturated carbocycles. The summed E-state index contributed by atoms with van der Waals surface area (Å²) in [5, 5.41) is 3.63. The second-order valence-corrected chi connectivity index (χ2v) is 9.52. The summed E-state index contributed by atoms with van der Waals surface area (Å²) >= 11 is 0. The molecule has 1 amide bonds. The fraction of sp³-hybridized carbons (Fsp3) is 0.292. The van der Waals surface area contributed by atoms with Gasteiger partial charge in [-0.1, -0.05) is 31.2 Å². The number of amidine groups is 1. The Morgan fingerprint density at radius 3 is 2.69 bits per heavy atom. The van der Waals surface area contributed by atoms with E-state index in [1.165, 1.54) is 12.1 Å². The van der Waals surface area contributed by atoms with Crippen LogP contribution in [0, 0.1) is 6.92 Å². The summed E-state index contributed by atoms with van der Waals surface area (Å²) in [5.74, 6) is 0.262. The Hall–Kier alpha value is -3.26. The number of nitrogens with zero attached hydrogens (tertiary/aromatic N) is 3. The monoisotopic (exact) mass is 450 g/mol. The zero-order chi connectivity index (χ0) is 22.9. The molecule has 32 heavy (non-hydrogen) atoms. The number of anilines is 1. The van der Waals surface area contributed by atoms with Crippen LogP contribution in [0.5, 0.6) is 0 Å². The summed E-state index contributed by atoms with van der Waals surface area (Å²) in [6, 6.07) is 13.7. The van der Waals surface area contributed by atoms with Gasteiger partial charge in [0, 0.05) is 36.8 Å². The molecule has 1 aliphatic rings. The summed E-state index contributed by atoms with van der Waals surface area (Å²) in [5.41, 5.74) is 3.39. The van der Waals surface area contributed by atoms with E-state index in [0.29, 0.717) is 29.9 Å². The molecule has 0 spiro atoms. The quantitative estimate of drug-likeness (QED) is 0.630. The van der Waals surface area contributed by atoms with E-state index in [9.17, 15) is 13.2 Å². The molecule has 1 aliphatic heterocycles. The highest BCUT2D eigenvalue weighted by atomic mass is 32.2. The topological polar surface area (TPSA) is 91.7 Å². The number of aromatic nitrogens is 1. The molecule has 2 heterocycles. The van der Waals surface area contributed by atoms with E-state index in [2.05, 4.69) is 14.7 Å². The number of fused-ring (bicyclic) bond motifs is 1. The zero-order valence-electron chi connectivity index (χ0n) is 18.4. The average molecular weight is 451 g/mol. The van der Waals surface area contributed by atoms with Crippen molar-refractivity contribution in [2.45, 2.75) is 38.0 Å². The minimum Gasteiger partial charge on any atom is -0.362 e. The van der Waals surface area contributed by atoms with Gasteiger partial charge >= 0.3 is 0 Å². The first kappa shape index (κ1) is 22.0. The number of aryl methyl sites for hydroxylation is 1. The number of hydrogen-bond acceptors (Lipinski definition) is 4. The number of sulfonamides is 1. The summed E-state index contributed by atoms with van der Waals surface area (Å²) < 4.78 is 29.6. The van der Waals surface area contributed by atoms with Crippen LogP contribution in [0.25, 0.3) is 10.9 Å². The van der Waals surface area contributed by atoms with Crippen LogP contribution in [0.15, 0.2) is 57.8 Å². The number of carbonyl (C=O) groups is 1. The van der Waals surface area contributed by atoms with Crippen molar-refractivity contribution in [2.75, 3.05) is 18.9 Å². The van der Waals surface area contributed by atoms with Gasteiger partial charge in [-0.25, -0.2) is 0 Å². The molecule has 1 saturated heterocycles. The van der Waals surface area contributed by atoms with Crippen molar-refractivity contribution >= 4 is 38.4 Å². The molecule has 0 aliphatic carbocycles. The van der Waals surface area contributed by atoms with Crippen molar-refractivity contribution in [1.29, 1.82) is 0 Å². The molecule has 4 rings (SSSR count). The number of hydrogen-bond donors (Lipinski definition) is 1. The van der Waals surface area contributed by atoms with Crippen LogP contribution < -0.4 is 5.32 Å². The molecule has 2 aromatic carbocycles. The van der Waals surface area contributed by atoms with E-state index in [4.69, 9.17) is 0 Å². The fourth-order valence-corrected chi connectivity index (χ4v) is 5.16. The Labute approximate surface area is 188 Å². The number of pyridine rings is 1. The number of likely N-dealkylation sites (tertiary alicyclic amines) is 1. The zero-order valence-corrected chi connectivity index (χ0v) is 19.2. The largest absolute Gasteiger partial charge is 0.362 e. The van der Waals surface area contributed by atoms with Crippen LogP contribution in [0.1, 0.15) is 41.4 Å². The van der Waals surface area contributed by atoms with Gasteiger partial charge in [-0.05, 0) is 49.6 Å². The predicted octanol–water partition coefficient (Wildman–Crippen LogP) is 4.17. The Balaban J connectivity index is 1.68. The number of nitrogens with one attached hydrogen (secondary N) is 1. The molecule has 0 radical (unpaired) electrons. The molecule has 0 bridgehead atoms. The van der Waals surface area contributed by atoms with Gasteiger partial charge < -0.3 is 10.2 Å². The lowest BCUT2D eigenvalue weighted by atomic mass is 9.99. The fourth-order valence-electron chi connectivity index (χ4n) is 4.02. The standard InChI is InChI=1S/C24H26N4O3S/c1-4-20-16(2)23(19-11-5-6-12-21(19)26-20)24(29)25-17-9-7-10-18(15-17)32(30,31)27-22-13-8-14-28(22)3/h5-7,9-12,15H,4,8,13-14H2,1-3H3,(H,25,29). The summed E-state index contributed by atoms with van der Waals surface area (Å²) in [7, 11) is -2.03. The van der Waals surface area contributed by atoms with E-state index in [1.54, 1.807) is 12.1 Å². The summed E-state index contributed by atoms with van der Waals surface area (Å²) in [6.45, 7) is 4.69. The minimum atomic E-state index is -3.87. The van der Waals surface area contributed by atoms with Crippen LogP contribution in [0.2, 0.25) is 0 Å². The Bertz CT molecular complexity index is 1330. The van der Waals surface area contributed by atoms with Crippen LogP contribution >= 0.6 is 0 Å². The molecule has 1 N–H and O–H groups in total. The second-order valence-electron chi connectivity index (χ2n) is 7.92. The van der Waals surface area contributed by atoms with Gasteiger partial charge in [0.2, 0.25) is 0 Å². The van der Waals surface area contributed by atoms with Gasteiger partial charge in [0.1, 0.15) is 5.84 Å². The second kappa shape index (κ2) is 8.70. The Morgan fingerprint density at radius 1 is 1.19 bits per heavy atom. The summed E-state index contributed by atoms with van der Waals surface area (Å²) in [4.78, 5) is 19.8. The maximum Gasteiger partial charge on any atom is 0.284 e. The number of amides is 1. The highest BCUT2D eigenvalue weighted by Gasteiger charge is 2.22. The third-order valence-corrected chi connectivity index (χ3v) is 7.05. The van der Waals surface area contributed by atoms with Crippen molar-refractivity contribution in [1.82, 2.24) is 9.88 Å². The van der Waals surface area contributed by atoms with Crippen molar-refractivity contribution in [3.05, 3.63) is 65.4 Å². The first-order chi connectivity index (χ1) is 15.3. The van der Waals surface area contributed by atoms with E-state index in [1.807, 2.05) is 50.1 Å². The highest BCUT2D eigenvalue weighted by molar-refractivity contribution is 7.90. The lowest BCUT2D eigenvalue weighted by molar-refractivity contribution is 0.102. The number of benzene rings is 2. The first-order valence-electron chi connectivity index (χ1n) is 10.6. The van der Waals surface area contributed by atoms with Crippen LogP contribution in [0.3, 0.4) is 0 Å². The van der Waals surface area contributed by atoms with Gasteiger partial charge in [-0.15, -0.1) is 4.40 Å². The van der Waals surface area contributed by atoms with E-state index < -0.39 is 10.0 Å². The number of carbonyl (C=O) groups excluding carboxylic acids is 1. The van der Waals surface area contributed by atoms with Crippen molar-refractivity contribution in [3.63, 3.8) is 0 Å². The molecule has 1 aromatic heterocycles. The smallest absolute Gasteiger partial charge is 0.284 e. The lowest BCUT2D eigenvalue weighted by Gasteiger charge is -2.14. The van der Waals surface area contributed by atoms with Crippen molar-refractivity contribution in [2.24, 2.45) is 4.40 Å². The molecule has 7 nitrogen and oxygen atoms in total. The summed E-state index contributed by atoms with van der Waals surface area (Å²) in [6.07, 6.45) is 2.24. The Morgan fingerprint density at radius 2 is 1.97 bits per heavy atom. The van der Waals surface area contributed by atoms with Crippen molar-refractivity contribution in [3.8, 4) is 0 Å². The molecule has 0 unspecified atom stereocenters. The van der Waals surface area contributed by atoms with Gasteiger partial charge in [0.05, 0.1) is 16.0 Å². The molecule has 8 heteroatoms. The Kier molecular flexibility index (Phi) is 5.97. The van der Waals surface area contributed by atoms with Crippen molar-refractivity contribution < 1.29 is 13.2 Å². The minimum absolute atomic E-state index is 0.0497. The highest BCUT2D eigenvalue weighted by Crippen LogP contribution is 2.26. The SMILES string of the molecule is CCc1nc2ccccc2c(C(=O)Nc2cccc(S(=O)(=O)N=C3CCCN3C)c2)c1C. The molecule has 3 aromatic rings. The molecule has 166 valence electrons. The first-order valence-corrected chi connectivity index (χ1v) is 12.1. The van der Waals surface area contributed by atoms with Gasteiger partial charge in [0.15, 0.2) is 0 Å². The van der Waals surface area contributed by atoms with E-state index in [-0.39, 0.29) is 10.8 Å². The molecular weight excluding hydrogens is 424 g/mol. The lowest BCUT2D eigenvalue weighted by Crippen LogP contribution is -2.20. The van der Waals surface area contributed by atoms with Gasteiger partial charge in [0.25, 0.3) is 15.9 Å². The van der Waals surface area contributed by atoms with Crippen LogP contribution in [-0.2, 0) is 16.4 Å². The number of para-hydroxylation sites is 1. The van der Waals surface area contributed by atoms with Crippen LogP contribution in [-0.4, -0.2) is 43.6 Å². The maximum absolute atomic E-state index is 13.3. The predicted molar refractivity (Wildman–Crippen MR) is 127 cm³/mol. The molecule has 1 fully saturated rings. The maximum atomic E-state index is 13.3. The number of rotatable bonds is 5. The molecule has 0 atom stereocenters. The van der Waals surface area contributed by atoms with E-state index in [0.717, 1.165) is 35.1 Å². The third kappa shape index (κ3) is 4.23.